The van der Waals surface area contributed by atoms with Crippen LogP contribution in [0.3, 0.4) is 0 Å². The quantitative estimate of drug-likeness (QED) is 0.498. The number of ether oxygens (including phenoxy) is 1. The van der Waals surface area contributed by atoms with E-state index in [4.69, 9.17) is 4.74 Å². The van der Waals surface area contributed by atoms with Gasteiger partial charge in [-0.2, -0.15) is 0 Å². The predicted octanol–water partition coefficient (Wildman–Crippen LogP) is 3.46. The van der Waals surface area contributed by atoms with Crippen LogP contribution in [0.15, 0.2) is 46.8 Å². The second-order valence-electron chi connectivity index (χ2n) is 7.22. The van der Waals surface area contributed by atoms with Crippen molar-refractivity contribution in [2.24, 2.45) is 0 Å². The van der Waals surface area contributed by atoms with E-state index in [9.17, 15) is 13.2 Å². The van der Waals surface area contributed by atoms with Crippen LogP contribution >= 0.6 is 11.3 Å². The van der Waals surface area contributed by atoms with Gasteiger partial charge >= 0.3 is 0 Å². The van der Waals surface area contributed by atoms with Crippen molar-refractivity contribution in [1.29, 1.82) is 0 Å². The van der Waals surface area contributed by atoms with E-state index in [0.717, 1.165) is 28.0 Å². The number of anilines is 1. The van der Waals surface area contributed by atoms with Crippen molar-refractivity contribution in [1.82, 2.24) is 14.9 Å². The first-order valence-electron chi connectivity index (χ1n) is 9.58. The molecule has 0 aliphatic carbocycles. The van der Waals surface area contributed by atoms with Gasteiger partial charge in [-0.3, -0.25) is 10.1 Å². The highest BCUT2D eigenvalue weighted by atomic mass is 32.2. The van der Waals surface area contributed by atoms with Crippen molar-refractivity contribution in [2.45, 2.75) is 38.1 Å². The van der Waals surface area contributed by atoms with Gasteiger partial charge in [-0.05, 0) is 62.6 Å². The second kappa shape index (κ2) is 9.54. The number of hydrogen-bond donors (Lipinski definition) is 2. The fourth-order valence-corrected chi connectivity index (χ4v) is 4.87. The standard InChI is InChI=1S/C21H24N4O4S2/c1-13-9-10-17(11-15(13)3)29-12-16(4)25-31(27,28)21-24-23-20(30-21)22-19(26)18-8-6-5-7-14(18)2/h5-11,16,25H,12H2,1-4H3,(H,22,23,26). The molecule has 3 rings (SSSR count). The molecule has 8 nitrogen and oxygen atoms in total. The highest BCUT2D eigenvalue weighted by Gasteiger charge is 2.23. The molecule has 164 valence electrons. The molecule has 31 heavy (non-hydrogen) atoms. The number of amides is 1. The number of nitrogens with one attached hydrogen (secondary N) is 2. The molecule has 0 aliphatic rings. The van der Waals surface area contributed by atoms with Crippen LogP contribution in [0.2, 0.25) is 0 Å². The second-order valence-corrected chi connectivity index (χ2v) is 10.1. The molecule has 3 aromatic rings. The average Bonchev–Trinajstić information content (AvgIpc) is 3.18. The number of aryl methyl sites for hydroxylation is 3. The number of nitrogens with zero attached hydrogens (tertiary/aromatic N) is 2. The summed E-state index contributed by atoms with van der Waals surface area (Å²) in [5.41, 5.74) is 3.54. The van der Waals surface area contributed by atoms with E-state index in [1.54, 1.807) is 19.1 Å². The third-order valence-corrected chi connectivity index (χ3v) is 7.38. The predicted molar refractivity (Wildman–Crippen MR) is 120 cm³/mol. The summed E-state index contributed by atoms with van der Waals surface area (Å²) in [4.78, 5) is 12.4. The molecule has 2 N–H and O–H groups in total. The molecule has 10 heteroatoms. The lowest BCUT2D eigenvalue weighted by molar-refractivity contribution is 0.102. The van der Waals surface area contributed by atoms with E-state index in [-0.39, 0.29) is 22.0 Å². The number of carbonyl (C=O) groups excluding carboxylic acids is 1. The van der Waals surface area contributed by atoms with Crippen LogP contribution in [-0.4, -0.2) is 37.2 Å². The summed E-state index contributed by atoms with van der Waals surface area (Å²) in [7, 11) is -3.90. The Balaban J connectivity index is 1.60. The van der Waals surface area contributed by atoms with Gasteiger partial charge in [0.1, 0.15) is 12.4 Å². The molecule has 2 aromatic carbocycles. The number of rotatable bonds is 8. The molecular weight excluding hydrogens is 436 g/mol. The average molecular weight is 461 g/mol. The number of benzene rings is 2. The maximum absolute atomic E-state index is 12.6. The summed E-state index contributed by atoms with van der Waals surface area (Å²) in [5.74, 6) is 0.299. The SMILES string of the molecule is Cc1ccc(OCC(C)NS(=O)(=O)c2nnc(NC(=O)c3ccccc3C)s2)cc1C. The van der Waals surface area contributed by atoms with Crippen molar-refractivity contribution in [2.75, 3.05) is 11.9 Å². The van der Waals surface area contributed by atoms with Crippen molar-refractivity contribution in [3.63, 3.8) is 0 Å². The Kier molecular flexibility index (Phi) is 7.04. The molecule has 1 amide bonds. The molecule has 1 heterocycles. The van der Waals surface area contributed by atoms with Gasteiger partial charge in [0.2, 0.25) is 9.47 Å². The number of hydrogen-bond acceptors (Lipinski definition) is 7. The van der Waals surface area contributed by atoms with E-state index >= 15 is 0 Å². The Hall–Kier alpha value is -2.82. The van der Waals surface area contributed by atoms with Crippen LogP contribution in [-0.2, 0) is 10.0 Å². The van der Waals surface area contributed by atoms with Crippen molar-refractivity contribution >= 4 is 32.4 Å². The molecule has 1 aromatic heterocycles. The van der Waals surface area contributed by atoms with Gasteiger partial charge in [-0.15, -0.1) is 10.2 Å². The minimum absolute atomic E-state index is 0.104. The Bertz CT molecular complexity index is 1190. The van der Waals surface area contributed by atoms with Crippen LogP contribution in [0.4, 0.5) is 5.13 Å². The molecule has 0 radical (unpaired) electrons. The summed E-state index contributed by atoms with van der Waals surface area (Å²) >= 11 is 0.783. The minimum Gasteiger partial charge on any atom is -0.492 e. The zero-order valence-electron chi connectivity index (χ0n) is 17.7. The molecule has 0 spiro atoms. The molecule has 0 bridgehead atoms. The van der Waals surface area contributed by atoms with Gasteiger partial charge in [0.25, 0.3) is 15.9 Å². The van der Waals surface area contributed by atoms with Gasteiger partial charge in [0.15, 0.2) is 0 Å². The Labute approximate surface area is 185 Å². The van der Waals surface area contributed by atoms with Crippen molar-refractivity contribution < 1.29 is 17.9 Å². The Morgan fingerprint density at radius 1 is 1.06 bits per heavy atom. The van der Waals surface area contributed by atoms with Gasteiger partial charge < -0.3 is 4.74 Å². The molecule has 0 saturated carbocycles. The summed E-state index contributed by atoms with van der Waals surface area (Å²) in [5, 5.41) is 10.2. The lowest BCUT2D eigenvalue weighted by atomic mass is 10.1. The van der Waals surface area contributed by atoms with E-state index in [2.05, 4.69) is 20.2 Å². The monoisotopic (exact) mass is 460 g/mol. The third-order valence-electron chi connectivity index (χ3n) is 4.58. The first kappa shape index (κ1) is 22.9. The lowest BCUT2D eigenvalue weighted by Crippen LogP contribution is -2.36. The highest BCUT2D eigenvalue weighted by molar-refractivity contribution is 7.91. The maximum atomic E-state index is 12.6. The van der Waals surface area contributed by atoms with Crippen molar-refractivity contribution in [3.05, 3.63) is 64.7 Å². The van der Waals surface area contributed by atoms with Gasteiger partial charge in [-0.25, -0.2) is 13.1 Å². The molecule has 1 atom stereocenters. The molecule has 1 unspecified atom stereocenters. The highest BCUT2D eigenvalue weighted by Crippen LogP contribution is 2.21. The topological polar surface area (TPSA) is 110 Å². The van der Waals surface area contributed by atoms with Gasteiger partial charge in [-0.1, -0.05) is 35.6 Å². The maximum Gasteiger partial charge on any atom is 0.270 e. The van der Waals surface area contributed by atoms with Crippen LogP contribution in [0.25, 0.3) is 0 Å². The summed E-state index contributed by atoms with van der Waals surface area (Å²) < 4.78 is 33.2. The van der Waals surface area contributed by atoms with Crippen LogP contribution in [0, 0.1) is 20.8 Å². The normalized spacial score (nSPS) is 12.4. The van der Waals surface area contributed by atoms with Gasteiger partial charge in [0.05, 0.1) is 6.04 Å². The van der Waals surface area contributed by atoms with Crippen molar-refractivity contribution in [3.8, 4) is 5.75 Å². The molecular formula is C21H24N4O4S2. The zero-order chi connectivity index (χ0) is 22.6. The van der Waals surface area contributed by atoms with Crippen LogP contribution < -0.4 is 14.8 Å². The van der Waals surface area contributed by atoms with E-state index in [1.165, 1.54) is 0 Å². The molecule has 0 aliphatic heterocycles. The smallest absolute Gasteiger partial charge is 0.270 e. The van der Waals surface area contributed by atoms with E-state index in [0.29, 0.717) is 11.3 Å². The van der Waals surface area contributed by atoms with E-state index in [1.807, 2.05) is 51.1 Å². The zero-order valence-corrected chi connectivity index (χ0v) is 19.3. The Morgan fingerprint density at radius 3 is 2.52 bits per heavy atom. The molecule has 0 saturated heterocycles. The van der Waals surface area contributed by atoms with Crippen LogP contribution in [0.1, 0.15) is 34.0 Å². The molecule has 0 fully saturated rings. The van der Waals surface area contributed by atoms with Gasteiger partial charge in [0, 0.05) is 5.56 Å². The summed E-state index contributed by atoms with van der Waals surface area (Å²) in [6.45, 7) is 7.66. The van der Waals surface area contributed by atoms with Crippen LogP contribution in [0.5, 0.6) is 5.75 Å². The largest absolute Gasteiger partial charge is 0.492 e. The third kappa shape index (κ3) is 5.87. The van der Waals surface area contributed by atoms with E-state index < -0.39 is 16.1 Å². The lowest BCUT2D eigenvalue weighted by Gasteiger charge is -2.14. The number of sulfonamides is 1. The number of carbonyl (C=O) groups is 1. The fraction of sp³-hybridized carbons (Fsp3) is 0.286. The first-order valence-corrected chi connectivity index (χ1v) is 11.9. The Morgan fingerprint density at radius 2 is 1.81 bits per heavy atom. The first-order chi connectivity index (χ1) is 14.7. The summed E-state index contributed by atoms with van der Waals surface area (Å²) in [6.07, 6.45) is 0. The fourth-order valence-electron chi connectivity index (χ4n) is 2.74. The summed E-state index contributed by atoms with van der Waals surface area (Å²) in [6, 6.07) is 12.3. The minimum atomic E-state index is -3.90. The number of aromatic nitrogens is 2.